The molecule has 7 nitrogen and oxygen atoms in total. The molecular weight excluding hydrogens is 670 g/mol. The van der Waals surface area contributed by atoms with E-state index >= 15 is 0 Å². The van der Waals surface area contributed by atoms with Crippen LogP contribution in [-0.2, 0) is 4.79 Å². The smallest absolute Gasteiger partial charge is 0.271 e. The Balaban J connectivity index is 1.65. The minimum atomic E-state index is -0.708. The lowest BCUT2D eigenvalue weighted by Gasteiger charge is -2.25. The number of benzene rings is 3. The van der Waals surface area contributed by atoms with E-state index in [4.69, 9.17) is 14.5 Å². The Kier molecular flexibility index (Phi) is 8.72. The Morgan fingerprint density at radius 1 is 1.12 bits per heavy atom. The van der Waals surface area contributed by atoms with E-state index in [1.807, 2.05) is 72.8 Å². The quantitative estimate of drug-likeness (QED) is 0.231. The molecule has 0 bridgehead atoms. The van der Waals surface area contributed by atoms with Crippen molar-refractivity contribution in [2.75, 3.05) is 19.0 Å². The second-order valence-electron chi connectivity index (χ2n) is 9.09. The van der Waals surface area contributed by atoms with E-state index in [9.17, 15) is 9.59 Å². The summed E-state index contributed by atoms with van der Waals surface area (Å²) in [6.45, 7) is 5.84. The molecule has 1 aliphatic heterocycles. The van der Waals surface area contributed by atoms with Crippen LogP contribution in [0.3, 0.4) is 0 Å². The number of nitrogens with zero attached hydrogens (tertiary/aromatic N) is 2. The third kappa shape index (κ3) is 6.00. The van der Waals surface area contributed by atoms with Crippen molar-refractivity contribution < 1.29 is 14.3 Å². The molecule has 3 aromatic carbocycles. The molecule has 4 aromatic rings. The highest BCUT2D eigenvalue weighted by Gasteiger charge is 2.32. The maximum absolute atomic E-state index is 14.0. The third-order valence-electron chi connectivity index (χ3n) is 6.37. The molecule has 0 unspecified atom stereocenters. The van der Waals surface area contributed by atoms with E-state index in [-0.39, 0.29) is 11.5 Å². The van der Waals surface area contributed by atoms with Gasteiger partial charge >= 0.3 is 0 Å². The highest BCUT2D eigenvalue weighted by molar-refractivity contribution is 9.11. The van der Waals surface area contributed by atoms with E-state index in [1.54, 1.807) is 24.7 Å². The topological polar surface area (TPSA) is 81.9 Å². The maximum Gasteiger partial charge on any atom is 0.271 e. The average Bonchev–Trinajstić information content (AvgIpc) is 3.26. The van der Waals surface area contributed by atoms with Gasteiger partial charge in [-0.15, -0.1) is 0 Å². The minimum absolute atomic E-state index is 0.252. The molecule has 0 fully saturated rings. The number of anilines is 1. The normalized spacial score (nSPS) is 14.7. The predicted molar refractivity (Wildman–Crippen MR) is 169 cm³/mol. The van der Waals surface area contributed by atoms with Crippen LogP contribution in [0.15, 0.2) is 109 Å². The Hall–Kier alpha value is -3.73. The Morgan fingerprint density at radius 2 is 1.85 bits per heavy atom. The van der Waals surface area contributed by atoms with Gasteiger partial charge in [0, 0.05) is 5.69 Å². The summed E-state index contributed by atoms with van der Waals surface area (Å²) in [6.07, 6.45) is 3.48. The fraction of sp³-hybridized carbons (Fsp3) is 0.129. The predicted octanol–water partition coefficient (Wildman–Crippen LogP) is 5.97. The van der Waals surface area contributed by atoms with Crippen molar-refractivity contribution in [1.82, 2.24) is 4.57 Å². The molecule has 5 rings (SSSR count). The van der Waals surface area contributed by atoms with Crippen molar-refractivity contribution in [3.63, 3.8) is 0 Å². The van der Waals surface area contributed by atoms with Crippen LogP contribution < -0.4 is 29.7 Å². The van der Waals surface area contributed by atoms with Crippen molar-refractivity contribution >= 4 is 60.9 Å². The zero-order valence-corrected chi connectivity index (χ0v) is 26.2. The van der Waals surface area contributed by atoms with Crippen molar-refractivity contribution in [3.8, 4) is 11.5 Å². The van der Waals surface area contributed by atoms with Gasteiger partial charge in [0.1, 0.15) is 18.1 Å². The number of thiazole rings is 1. The lowest BCUT2D eigenvalue weighted by molar-refractivity contribution is -0.113. The number of para-hydroxylation sites is 1. The van der Waals surface area contributed by atoms with E-state index in [0.29, 0.717) is 44.4 Å². The van der Waals surface area contributed by atoms with E-state index in [1.165, 1.54) is 11.3 Å². The van der Waals surface area contributed by atoms with Gasteiger partial charge in [-0.25, -0.2) is 4.99 Å². The third-order valence-corrected chi connectivity index (χ3v) is 8.53. The number of carbonyl (C=O) groups is 1. The summed E-state index contributed by atoms with van der Waals surface area (Å²) in [6, 6.07) is 19.6. The van der Waals surface area contributed by atoms with Crippen molar-refractivity contribution in [3.05, 3.63) is 130 Å². The number of fused-ring (bicyclic) bond motifs is 1. The number of nitrogens with one attached hydrogen (secondary N) is 1. The number of allylic oxidation sites excluding steroid dienone is 1. The molecule has 1 N–H and O–H groups in total. The Bertz CT molecular complexity index is 1840. The van der Waals surface area contributed by atoms with E-state index in [2.05, 4.69) is 43.8 Å². The lowest BCUT2D eigenvalue weighted by Crippen LogP contribution is -2.40. The molecular formula is C31H25Br2N3O4S. The van der Waals surface area contributed by atoms with Gasteiger partial charge in [0.05, 0.1) is 37.9 Å². The standard InChI is InChI=1S/C31H25Br2N3O4S/c1-4-13-40-28-23(32)14-19(15-24(28)33)16-25-30(38)36-27(20-9-8-12-22(17-20)39-3)26(18(2)34-31(36)41-25)29(37)35-21-10-6-5-7-11-21/h4-12,14-17,27H,1,13H2,2-3H3,(H,35,37)/b25-16-/t27-/m0/s1. The first-order valence-electron chi connectivity index (χ1n) is 12.6. The first-order chi connectivity index (χ1) is 19.8. The van der Waals surface area contributed by atoms with Crippen LogP contribution in [0.4, 0.5) is 5.69 Å². The highest BCUT2D eigenvalue weighted by Crippen LogP contribution is 2.35. The zero-order valence-electron chi connectivity index (χ0n) is 22.2. The van der Waals surface area contributed by atoms with Crippen LogP contribution >= 0.6 is 43.2 Å². The van der Waals surface area contributed by atoms with Gasteiger partial charge < -0.3 is 14.8 Å². The summed E-state index contributed by atoms with van der Waals surface area (Å²) in [4.78, 5) is 32.9. The second-order valence-corrected chi connectivity index (χ2v) is 11.8. The van der Waals surface area contributed by atoms with Crippen molar-refractivity contribution in [2.24, 2.45) is 4.99 Å². The largest absolute Gasteiger partial charge is 0.497 e. The van der Waals surface area contributed by atoms with Crippen LogP contribution in [0.1, 0.15) is 24.1 Å². The SMILES string of the molecule is C=CCOc1c(Br)cc(/C=c2\sc3n(c2=O)[C@@H](c2cccc(OC)c2)C(C(=O)Nc2ccccc2)=C(C)N=3)cc1Br. The van der Waals surface area contributed by atoms with Gasteiger partial charge in [0.2, 0.25) is 0 Å². The van der Waals surface area contributed by atoms with Crippen LogP contribution in [0, 0.1) is 0 Å². The monoisotopic (exact) mass is 693 g/mol. The number of ether oxygens (including phenoxy) is 2. The van der Waals surface area contributed by atoms with Gasteiger partial charge in [-0.3, -0.25) is 14.2 Å². The van der Waals surface area contributed by atoms with Gasteiger partial charge in [0.25, 0.3) is 11.5 Å². The number of amides is 1. The summed E-state index contributed by atoms with van der Waals surface area (Å²) in [7, 11) is 1.58. The van der Waals surface area contributed by atoms with Crippen LogP contribution in [0.2, 0.25) is 0 Å². The molecule has 1 amide bonds. The van der Waals surface area contributed by atoms with Crippen LogP contribution in [0.5, 0.6) is 11.5 Å². The zero-order chi connectivity index (χ0) is 29.1. The van der Waals surface area contributed by atoms with Crippen molar-refractivity contribution in [2.45, 2.75) is 13.0 Å². The molecule has 41 heavy (non-hydrogen) atoms. The number of hydrogen-bond donors (Lipinski definition) is 1. The molecule has 10 heteroatoms. The lowest BCUT2D eigenvalue weighted by atomic mass is 9.95. The fourth-order valence-electron chi connectivity index (χ4n) is 4.55. The summed E-state index contributed by atoms with van der Waals surface area (Å²) in [5.41, 5.74) is 2.84. The number of halogens is 2. The molecule has 0 spiro atoms. The Morgan fingerprint density at radius 3 is 2.54 bits per heavy atom. The molecule has 208 valence electrons. The van der Waals surface area contributed by atoms with Gasteiger partial charge in [-0.2, -0.15) is 0 Å². The summed E-state index contributed by atoms with van der Waals surface area (Å²) in [5.74, 6) is 0.935. The molecule has 0 radical (unpaired) electrons. The Labute approximate surface area is 257 Å². The number of methoxy groups -OCH3 is 1. The molecule has 2 heterocycles. The first kappa shape index (κ1) is 28.8. The van der Waals surface area contributed by atoms with Crippen LogP contribution in [-0.4, -0.2) is 24.2 Å². The summed E-state index contributed by atoms with van der Waals surface area (Å²) >= 11 is 8.39. The highest BCUT2D eigenvalue weighted by atomic mass is 79.9. The fourth-order valence-corrected chi connectivity index (χ4v) is 7.05. The molecule has 0 saturated carbocycles. The van der Waals surface area contributed by atoms with E-state index < -0.39 is 6.04 Å². The molecule has 1 aliphatic rings. The van der Waals surface area contributed by atoms with Gasteiger partial charge in [0.15, 0.2) is 4.80 Å². The number of hydrogen-bond acceptors (Lipinski definition) is 6. The first-order valence-corrected chi connectivity index (χ1v) is 15.0. The summed E-state index contributed by atoms with van der Waals surface area (Å²) < 4.78 is 14.7. The molecule has 1 atom stereocenters. The molecule has 0 saturated heterocycles. The number of aromatic nitrogens is 1. The number of rotatable bonds is 8. The maximum atomic E-state index is 14.0. The average molecular weight is 695 g/mol. The van der Waals surface area contributed by atoms with Gasteiger partial charge in [-0.05, 0) is 92.4 Å². The van der Waals surface area contributed by atoms with Crippen molar-refractivity contribution in [1.29, 1.82) is 0 Å². The van der Waals surface area contributed by atoms with Gasteiger partial charge in [-0.1, -0.05) is 54.3 Å². The van der Waals surface area contributed by atoms with Crippen LogP contribution in [0.25, 0.3) is 6.08 Å². The molecule has 0 aliphatic carbocycles. The minimum Gasteiger partial charge on any atom is -0.497 e. The van der Waals surface area contributed by atoms with E-state index in [0.717, 1.165) is 20.1 Å². The summed E-state index contributed by atoms with van der Waals surface area (Å²) in [5, 5.41) is 2.96. The second kappa shape index (κ2) is 12.4. The molecule has 1 aromatic heterocycles. The number of carbonyl (C=O) groups excluding carboxylic acids is 1.